The molecule has 2 rings (SSSR count). The van der Waals surface area contributed by atoms with Gasteiger partial charge in [0, 0.05) is 4.88 Å². The van der Waals surface area contributed by atoms with Gasteiger partial charge in [-0.3, -0.25) is 0 Å². The molecule has 1 heterocycles. The summed E-state index contributed by atoms with van der Waals surface area (Å²) in [7, 11) is 3.28. The van der Waals surface area contributed by atoms with Crippen LogP contribution in [0.5, 0.6) is 5.75 Å². The van der Waals surface area contributed by atoms with E-state index in [2.05, 4.69) is 0 Å². The molecule has 4 heteroatoms. The van der Waals surface area contributed by atoms with E-state index in [-0.39, 0.29) is 0 Å². The van der Waals surface area contributed by atoms with Gasteiger partial charge in [-0.15, -0.1) is 0 Å². The third-order valence-corrected chi connectivity index (χ3v) is 4.83. The minimum atomic E-state index is 0.310. The van der Waals surface area contributed by atoms with Crippen LogP contribution in [0.25, 0.3) is 10.4 Å². The van der Waals surface area contributed by atoms with Crippen molar-refractivity contribution in [3.63, 3.8) is 0 Å². The van der Waals surface area contributed by atoms with Crippen LogP contribution < -0.4 is 0 Å². The molecule has 0 aliphatic rings. The normalized spacial score (nSPS) is 10.4. The molecule has 1 N–H and O–H groups in total. The Morgan fingerprint density at radius 3 is 2.57 bits per heavy atom. The second-order valence-electron chi connectivity index (χ2n) is 2.99. The Morgan fingerprint density at radius 2 is 2.00 bits per heavy atom. The first kappa shape index (κ1) is 9.83. The van der Waals surface area contributed by atoms with Crippen LogP contribution in [0.1, 0.15) is 5.56 Å². The Balaban J connectivity index is 2.57. The lowest BCUT2D eigenvalue weighted by molar-refractivity contribution is 0.475. The fourth-order valence-corrected chi connectivity index (χ4v) is 3.76. The lowest BCUT2D eigenvalue weighted by Crippen LogP contribution is -1.78. The average molecular weight is 240 g/mol. The molecule has 1 aromatic heterocycles. The smallest absolute Gasteiger partial charge is 0.115 e. The summed E-state index contributed by atoms with van der Waals surface area (Å²) in [6.07, 6.45) is 0. The van der Waals surface area contributed by atoms with Crippen molar-refractivity contribution in [3.8, 4) is 16.2 Å². The molecule has 14 heavy (non-hydrogen) atoms. The van der Waals surface area contributed by atoms with Gasteiger partial charge >= 0.3 is 0 Å². The fraction of sp³-hybridized carbons (Fsp3) is 0.100. The zero-order chi connectivity index (χ0) is 10.1. The van der Waals surface area contributed by atoms with Crippen molar-refractivity contribution in [2.24, 2.45) is 0 Å². The Labute approximate surface area is 94.7 Å². The molecular weight excluding hydrogens is 232 g/mol. The quantitative estimate of drug-likeness (QED) is 0.595. The van der Waals surface area contributed by atoms with Gasteiger partial charge in [0.15, 0.2) is 0 Å². The van der Waals surface area contributed by atoms with Crippen molar-refractivity contribution in [1.82, 2.24) is 0 Å². The molecule has 0 amide bonds. The van der Waals surface area contributed by atoms with E-state index < -0.39 is 0 Å². The number of benzene rings is 1. The highest BCUT2D eigenvalue weighted by molar-refractivity contribution is 7.80. The van der Waals surface area contributed by atoms with E-state index in [0.717, 1.165) is 15.0 Å². The molecule has 0 aliphatic heterocycles. The van der Waals surface area contributed by atoms with Crippen molar-refractivity contribution in [2.75, 3.05) is 0 Å². The summed E-state index contributed by atoms with van der Waals surface area (Å²) in [6, 6.07) is 7.40. The summed E-state index contributed by atoms with van der Waals surface area (Å²) in [5, 5.41) is 9.28. The van der Waals surface area contributed by atoms with Crippen LogP contribution in [0, 0.1) is 10.7 Å². The van der Waals surface area contributed by atoms with Gasteiger partial charge in [-0.2, -0.15) is 0 Å². The largest absolute Gasteiger partial charge is 0.508 e. The number of rotatable bonds is 1. The van der Waals surface area contributed by atoms with Crippen LogP contribution in [0.4, 0.5) is 0 Å². The van der Waals surface area contributed by atoms with E-state index in [1.807, 2.05) is 19.1 Å². The van der Waals surface area contributed by atoms with E-state index in [1.54, 1.807) is 32.8 Å². The molecule has 0 saturated carbocycles. The first-order chi connectivity index (χ1) is 6.66. The first-order valence-electron chi connectivity index (χ1n) is 4.07. The molecule has 0 aliphatic carbocycles. The molecule has 0 saturated heterocycles. The first-order valence-corrected chi connectivity index (χ1v) is 6.63. The number of aromatic hydroxyl groups is 1. The number of hydrogen-bond donors (Lipinski definition) is 1. The molecule has 2 aromatic rings. The topological polar surface area (TPSA) is 20.2 Å². The highest BCUT2D eigenvalue weighted by Gasteiger charge is 2.04. The highest BCUT2D eigenvalue weighted by Crippen LogP contribution is 2.32. The van der Waals surface area contributed by atoms with Crippen LogP contribution in [-0.4, -0.2) is 5.11 Å². The van der Waals surface area contributed by atoms with Crippen LogP contribution in [-0.2, 0) is 0 Å². The number of aryl methyl sites for hydroxylation is 1. The minimum absolute atomic E-state index is 0.310. The van der Waals surface area contributed by atoms with Gasteiger partial charge in [-0.05, 0) is 42.3 Å². The maximum absolute atomic E-state index is 9.28. The fourth-order valence-electron chi connectivity index (χ4n) is 1.29. The highest BCUT2D eigenvalue weighted by atomic mass is 32.9. The lowest BCUT2D eigenvalue weighted by atomic mass is 10.1. The van der Waals surface area contributed by atoms with Crippen molar-refractivity contribution in [3.05, 3.63) is 33.7 Å². The maximum Gasteiger partial charge on any atom is 0.115 e. The summed E-state index contributed by atoms with van der Waals surface area (Å²) in [6.45, 7) is 1.99. The summed E-state index contributed by atoms with van der Waals surface area (Å²) >= 11 is 5.08. The van der Waals surface area contributed by atoms with E-state index in [9.17, 15) is 5.11 Å². The summed E-state index contributed by atoms with van der Waals surface area (Å²) in [5.74, 6) is 0.310. The van der Waals surface area contributed by atoms with Gasteiger partial charge in [-0.1, -0.05) is 32.9 Å². The van der Waals surface area contributed by atoms with Crippen LogP contribution >= 0.6 is 32.9 Å². The number of phenols is 1. The molecule has 1 nitrogen and oxygen atoms in total. The van der Waals surface area contributed by atoms with Crippen LogP contribution in [0.15, 0.2) is 24.3 Å². The predicted octanol–water partition coefficient (Wildman–Crippen LogP) is 4.22. The second-order valence-corrected chi connectivity index (χ2v) is 5.90. The van der Waals surface area contributed by atoms with E-state index in [4.69, 9.17) is 12.2 Å². The molecule has 0 unspecified atom stereocenters. The monoisotopic (exact) mass is 240 g/mol. The van der Waals surface area contributed by atoms with Gasteiger partial charge in [0.25, 0.3) is 0 Å². The lowest BCUT2D eigenvalue weighted by Gasteiger charge is -2.02. The number of phenolic OH excluding ortho intramolecular Hbond substituents is 1. The minimum Gasteiger partial charge on any atom is -0.508 e. The van der Waals surface area contributed by atoms with Crippen LogP contribution in [0.2, 0.25) is 0 Å². The molecule has 0 bridgehead atoms. The molecule has 1 aromatic carbocycles. The Bertz CT molecular complexity index is 510. The van der Waals surface area contributed by atoms with Crippen LogP contribution in [0.3, 0.4) is 0 Å². The third-order valence-electron chi connectivity index (χ3n) is 1.94. The molecule has 0 fully saturated rings. The van der Waals surface area contributed by atoms with Gasteiger partial charge in [0.2, 0.25) is 0 Å². The molecular formula is C10H8OS3. The third kappa shape index (κ3) is 1.87. The SMILES string of the molecule is Cc1cc(O)ccc1-c1cc(=S)ss1. The Morgan fingerprint density at radius 1 is 1.21 bits per heavy atom. The molecule has 72 valence electrons. The van der Waals surface area contributed by atoms with E-state index in [0.29, 0.717) is 5.75 Å². The van der Waals surface area contributed by atoms with Crippen molar-refractivity contribution in [2.45, 2.75) is 6.92 Å². The summed E-state index contributed by atoms with van der Waals surface area (Å²) in [5.41, 5.74) is 2.23. The summed E-state index contributed by atoms with van der Waals surface area (Å²) in [4.78, 5) is 1.18. The van der Waals surface area contributed by atoms with Crippen molar-refractivity contribution < 1.29 is 5.11 Å². The van der Waals surface area contributed by atoms with E-state index in [1.165, 1.54) is 4.88 Å². The van der Waals surface area contributed by atoms with Gasteiger partial charge < -0.3 is 5.11 Å². The van der Waals surface area contributed by atoms with E-state index >= 15 is 0 Å². The van der Waals surface area contributed by atoms with Crippen molar-refractivity contribution in [1.29, 1.82) is 0 Å². The molecule has 0 atom stereocenters. The van der Waals surface area contributed by atoms with Crippen molar-refractivity contribution >= 4 is 32.9 Å². The number of hydrogen-bond acceptors (Lipinski definition) is 4. The summed E-state index contributed by atoms with van der Waals surface area (Å²) < 4.78 is 0.914. The average Bonchev–Trinajstić information content (AvgIpc) is 2.51. The standard InChI is InChI=1S/C10H8OS3/c1-6-4-7(11)2-3-8(6)9-5-10(12)14-13-9/h2-5,11H,1H3. The molecule has 0 spiro atoms. The van der Waals surface area contributed by atoms with Gasteiger partial charge in [-0.25, -0.2) is 0 Å². The Kier molecular flexibility index (Phi) is 2.67. The zero-order valence-electron chi connectivity index (χ0n) is 7.48. The zero-order valence-corrected chi connectivity index (χ0v) is 9.93. The second kappa shape index (κ2) is 3.81. The molecule has 0 radical (unpaired) electrons. The predicted molar refractivity (Wildman–Crippen MR) is 64.9 cm³/mol. The van der Waals surface area contributed by atoms with Gasteiger partial charge in [0.05, 0.1) is 0 Å². The Hall–Kier alpha value is -0.710. The van der Waals surface area contributed by atoms with Gasteiger partial charge in [0.1, 0.15) is 9.57 Å². The maximum atomic E-state index is 9.28.